The number of nitrogens with one attached hydrogen (secondary N) is 3. The number of methoxy groups -OCH3 is 1. The van der Waals surface area contributed by atoms with E-state index in [0.29, 0.717) is 17.3 Å². The van der Waals surface area contributed by atoms with Crippen LogP contribution in [0.1, 0.15) is 35.8 Å². The van der Waals surface area contributed by atoms with E-state index in [1.165, 1.54) is 19.2 Å². The fourth-order valence-electron chi connectivity index (χ4n) is 3.60. The molecular weight excluding hydrogens is 463 g/mol. The molecule has 0 spiro atoms. The van der Waals surface area contributed by atoms with E-state index in [1.807, 2.05) is 38.2 Å². The number of fused-ring (bicyclic) bond motifs is 1. The summed E-state index contributed by atoms with van der Waals surface area (Å²) < 4.78 is 44.4. The number of aryl methyl sites for hydroxylation is 1. The number of aromatic nitrogens is 5. The van der Waals surface area contributed by atoms with Crippen molar-refractivity contribution in [1.29, 1.82) is 0 Å². The van der Waals surface area contributed by atoms with E-state index in [4.69, 9.17) is 4.74 Å². The van der Waals surface area contributed by atoms with Crippen LogP contribution in [0.15, 0.2) is 36.5 Å². The van der Waals surface area contributed by atoms with Crippen molar-refractivity contribution in [2.24, 2.45) is 0 Å². The predicted molar refractivity (Wildman–Crippen MR) is 125 cm³/mol. The van der Waals surface area contributed by atoms with E-state index in [2.05, 4.69) is 25.6 Å². The zero-order valence-corrected chi connectivity index (χ0v) is 19.5. The quantitative estimate of drug-likeness (QED) is 0.347. The lowest BCUT2D eigenvalue weighted by Crippen LogP contribution is -2.33. The molecule has 2 heterocycles. The summed E-state index contributed by atoms with van der Waals surface area (Å²) in [6.45, 7) is 4.47. The van der Waals surface area contributed by atoms with Crippen molar-refractivity contribution in [2.45, 2.75) is 33.0 Å². The van der Waals surface area contributed by atoms with Crippen molar-refractivity contribution >= 4 is 28.4 Å². The number of amides is 1. The number of carbonyl (C=O) groups excluding carboxylic acids is 1. The van der Waals surface area contributed by atoms with Gasteiger partial charge in [0.15, 0.2) is 5.82 Å². The monoisotopic (exact) mass is 487 g/mol. The minimum Gasteiger partial charge on any atom is -0.496 e. The summed E-state index contributed by atoms with van der Waals surface area (Å²) >= 11 is 0. The molecule has 35 heavy (non-hydrogen) atoms. The van der Waals surface area contributed by atoms with Crippen LogP contribution in [0.2, 0.25) is 0 Å². The maximum Gasteiger partial charge on any atom is 0.405 e. The third kappa shape index (κ3) is 5.05. The minimum absolute atomic E-state index is 0.0221. The Balaban J connectivity index is 1.65. The van der Waals surface area contributed by atoms with E-state index in [0.717, 1.165) is 22.2 Å². The van der Waals surface area contributed by atoms with Crippen LogP contribution < -0.4 is 15.4 Å². The largest absolute Gasteiger partial charge is 0.496 e. The van der Waals surface area contributed by atoms with Gasteiger partial charge in [-0.1, -0.05) is 6.07 Å². The molecule has 0 atom stereocenters. The first kappa shape index (κ1) is 24.0. The van der Waals surface area contributed by atoms with Gasteiger partial charge in [0.2, 0.25) is 5.95 Å². The highest BCUT2D eigenvalue weighted by atomic mass is 19.4. The van der Waals surface area contributed by atoms with Crippen LogP contribution in [-0.4, -0.2) is 50.7 Å². The van der Waals surface area contributed by atoms with Gasteiger partial charge in [-0.3, -0.25) is 9.89 Å². The fraction of sp³-hybridized carbons (Fsp3) is 0.304. The van der Waals surface area contributed by atoms with Crippen molar-refractivity contribution < 1.29 is 22.7 Å². The summed E-state index contributed by atoms with van der Waals surface area (Å²) in [5.41, 5.74) is 3.27. The highest BCUT2D eigenvalue weighted by Gasteiger charge is 2.28. The Morgan fingerprint density at radius 1 is 1.23 bits per heavy atom. The molecule has 12 heteroatoms. The Morgan fingerprint density at radius 2 is 2.00 bits per heavy atom. The zero-order chi connectivity index (χ0) is 25.3. The first-order valence-electron chi connectivity index (χ1n) is 10.8. The van der Waals surface area contributed by atoms with Gasteiger partial charge in [-0.05, 0) is 50.6 Å². The number of rotatable bonds is 7. The molecule has 0 fully saturated rings. The third-order valence-corrected chi connectivity index (χ3v) is 5.41. The number of carbonyl (C=O) groups is 1. The average Bonchev–Trinajstić information content (AvgIpc) is 3.46. The number of aromatic amines is 1. The Morgan fingerprint density at radius 3 is 2.69 bits per heavy atom. The number of alkyl halides is 3. The first-order valence-corrected chi connectivity index (χ1v) is 10.8. The molecule has 0 aliphatic heterocycles. The minimum atomic E-state index is -4.51. The number of hydrogen-bond donors (Lipinski definition) is 3. The summed E-state index contributed by atoms with van der Waals surface area (Å²) in [5, 5.41) is 17.8. The Bertz CT molecular complexity index is 1380. The SMILES string of the molecule is COc1cc(-c2nc(Nc3ccc4[nH]ncc4c3C)n(C(C)C)n2)ccc1C(=O)NCC(F)(F)F. The predicted octanol–water partition coefficient (Wildman–Crippen LogP) is 4.76. The van der Waals surface area contributed by atoms with Crippen LogP contribution in [-0.2, 0) is 0 Å². The van der Waals surface area contributed by atoms with E-state index in [-0.39, 0.29) is 17.4 Å². The lowest BCUT2D eigenvalue weighted by Gasteiger charge is -2.12. The smallest absolute Gasteiger partial charge is 0.405 e. The number of H-pyrrole nitrogens is 1. The van der Waals surface area contributed by atoms with Crippen molar-refractivity contribution in [1.82, 2.24) is 30.3 Å². The fourth-order valence-corrected chi connectivity index (χ4v) is 3.60. The molecule has 0 saturated heterocycles. The van der Waals surface area contributed by atoms with Crippen LogP contribution in [0.4, 0.5) is 24.8 Å². The molecule has 0 unspecified atom stereocenters. The van der Waals surface area contributed by atoms with Gasteiger partial charge in [0.25, 0.3) is 5.91 Å². The van der Waals surface area contributed by atoms with Gasteiger partial charge in [0, 0.05) is 16.6 Å². The van der Waals surface area contributed by atoms with Gasteiger partial charge >= 0.3 is 6.18 Å². The van der Waals surface area contributed by atoms with E-state index >= 15 is 0 Å². The molecule has 0 bridgehead atoms. The third-order valence-electron chi connectivity index (χ3n) is 5.41. The summed E-state index contributed by atoms with van der Waals surface area (Å²) in [6.07, 6.45) is -2.76. The molecular formula is C23H24F3N7O2. The second-order valence-corrected chi connectivity index (χ2v) is 8.20. The molecule has 2 aromatic heterocycles. The van der Waals surface area contributed by atoms with Crippen molar-refractivity contribution in [3.8, 4) is 17.1 Å². The van der Waals surface area contributed by atoms with Crippen LogP contribution in [0.25, 0.3) is 22.3 Å². The van der Waals surface area contributed by atoms with Crippen LogP contribution in [0.5, 0.6) is 5.75 Å². The molecule has 4 rings (SSSR count). The summed E-state index contributed by atoms with van der Waals surface area (Å²) in [6, 6.07) is 8.30. The zero-order valence-electron chi connectivity index (χ0n) is 19.5. The number of halogens is 3. The van der Waals surface area contributed by atoms with Gasteiger partial charge in [-0.2, -0.15) is 23.3 Å². The van der Waals surface area contributed by atoms with E-state index in [9.17, 15) is 18.0 Å². The lowest BCUT2D eigenvalue weighted by molar-refractivity contribution is -0.123. The van der Waals surface area contributed by atoms with Crippen LogP contribution in [0, 0.1) is 6.92 Å². The van der Waals surface area contributed by atoms with Gasteiger partial charge < -0.3 is 15.4 Å². The highest BCUT2D eigenvalue weighted by molar-refractivity contribution is 5.97. The molecule has 0 aliphatic carbocycles. The second kappa shape index (κ2) is 9.28. The summed E-state index contributed by atoms with van der Waals surface area (Å²) in [4.78, 5) is 16.9. The number of hydrogen-bond acceptors (Lipinski definition) is 6. The molecule has 0 saturated carbocycles. The van der Waals surface area contributed by atoms with Gasteiger partial charge in [-0.15, -0.1) is 5.10 Å². The number of nitrogens with zero attached hydrogens (tertiary/aromatic N) is 4. The van der Waals surface area contributed by atoms with Crippen molar-refractivity contribution in [3.63, 3.8) is 0 Å². The normalized spacial score (nSPS) is 11.8. The number of benzene rings is 2. The van der Waals surface area contributed by atoms with Crippen LogP contribution >= 0.6 is 0 Å². The summed E-state index contributed by atoms with van der Waals surface area (Å²) in [5.74, 6) is 0.0911. The first-order chi connectivity index (χ1) is 16.6. The Labute approximate surface area is 198 Å². The molecule has 0 aliphatic rings. The van der Waals surface area contributed by atoms with Gasteiger partial charge in [-0.25, -0.2) is 4.68 Å². The Kier molecular flexibility index (Phi) is 6.37. The van der Waals surface area contributed by atoms with Gasteiger partial charge in [0.05, 0.1) is 30.4 Å². The van der Waals surface area contributed by atoms with E-state index in [1.54, 1.807) is 16.9 Å². The molecule has 184 valence electrons. The molecule has 3 N–H and O–H groups in total. The maximum absolute atomic E-state index is 12.5. The Hall–Kier alpha value is -4.09. The number of anilines is 2. The topological polar surface area (TPSA) is 110 Å². The molecule has 2 aromatic carbocycles. The summed E-state index contributed by atoms with van der Waals surface area (Å²) in [7, 11) is 1.33. The van der Waals surface area contributed by atoms with E-state index < -0.39 is 18.6 Å². The second-order valence-electron chi connectivity index (χ2n) is 8.20. The molecule has 4 aromatic rings. The highest BCUT2D eigenvalue weighted by Crippen LogP contribution is 2.30. The van der Waals surface area contributed by atoms with Crippen molar-refractivity contribution in [3.05, 3.63) is 47.7 Å². The number of ether oxygens (including phenoxy) is 1. The molecule has 9 nitrogen and oxygen atoms in total. The lowest BCUT2D eigenvalue weighted by atomic mass is 10.1. The standard InChI is InChI=1S/C23H24F3N7O2/c1-12(2)33-22(29-17-7-8-18-16(13(17)3)10-28-31-18)30-20(32-33)14-5-6-15(19(9-14)35-4)21(34)27-11-23(24,25)26/h5-10,12H,11H2,1-4H3,(H,27,34)(H,28,31)(H,29,30,32). The van der Waals surface area contributed by atoms with Crippen molar-refractivity contribution in [2.75, 3.05) is 19.0 Å². The van der Waals surface area contributed by atoms with Crippen LogP contribution in [0.3, 0.4) is 0 Å². The average molecular weight is 487 g/mol. The maximum atomic E-state index is 12.5. The van der Waals surface area contributed by atoms with Gasteiger partial charge in [0.1, 0.15) is 12.3 Å². The molecule has 1 amide bonds. The molecule has 0 radical (unpaired) electrons.